The molecule has 1 rings (SSSR count). The van der Waals surface area contributed by atoms with Gasteiger partial charge in [0.05, 0.1) is 0 Å². The van der Waals surface area contributed by atoms with Crippen molar-refractivity contribution in [2.75, 3.05) is 6.54 Å². The van der Waals surface area contributed by atoms with Crippen molar-refractivity contribution in [3.05, 3.63) is 29.8 Å². The number of para-hydroxylation sites is 1. The number of phenols is 1. The highest BCUT2D eigenvalue weighted by Gasteiger charge is 2.23. The number of hydrogen-bond donors (Lipinski definition) is 1. The summed E-state index contributed by atoms with van der Waals surface area (Å²) in [6, 6.07) is 8.56. The first-order chi connectivity index (χ1) is 8.15. The maximum absolute atomic E-state index is 9.98. The summed E-state index contributed by atoms with van der Waals surface area (Å²) in [5, 5.41) is 9.98. The molecule has 2 atom stereocenters. The lowest BCUT2D eigenvalue weighted by Crippen LogP contribution is -2.36. The molecule has 0 aliphatic heterocycles. The van der Waals surface area contributed by atoms with E-state index in [4.69, 9.17) is 0 Å². The summed E-state index contributed by atoms with van der Waals surface area (Å²) >= 11 is 0. The summed E-state index contributed by atoms with van der Waals surface area (Å²) in [6.45, 7) is 9.86. The predicted molar refractivity (Wildman–Crippen MR) is 73.3 cm³/mol. The Morgan fingerprint density at radius 2 is 1.76 bits per heavy atom. The van der Waals surface area contributed by atoms with Crippen LogP contribution in [0.3, 0.4) is 0 Å². The maximum atomic E-state index is 9.98. The van der Waals surface area contributed by atoms with Crippen LogP contribution < -0.4 is 0 Å². The van der Waals surface area contributed by atoms with Gasteiger partial charge >= 0.3 is 0 Å². The van der Waals surface area contributed by atoms with E-state index >= 15 is 0 Å². The van der Waals surface area contributed by atoms with Gasteiger partial charge in [-0.05, 0) is 32.4 Å². The number of nitrogens with zero attached hydrogens (tertiary/aromatic N) is 1. The Morgan fingerprint density at radius 1 is 1.12 bits per heavy atom. The zero-order valence-electron chi connectivity index (χ0n) is 11.5. The van der Waals surface area contributed by atoms with E-state index in [2.05, 4.69) is 32.6 Å². The van der Waals surface area contributed by atoms with Crippen LogP contribution in [0.2, 0.25) is 0 Å². The van der Waals surface area contributed by atoms with Crippen LogP contribution in [0.5, 0.6) is 5.75 Å². The molecule has 0 aliphatic carbocycles. The van der Waals surface area contributed by atoms with E-state index < -0.39 is 0 Å². The molecule has 2 heteroatoms. The van der Waals surface area contributed by atoms with E-state index in [0.717, 1.165) is 24.9 Å². The number of hydrogen-bond acceptors (Lipinski definition) is 2. The molecule has 0 amide bonds. The van der Waals surface area contributed by atoms with Crippen molar-refractivity contribution in [2.45, 2.75) is 52.6 Å². The molecule has 2 unspecified atom stereocenters. The normalized spacial score (nSPS) is 14.9. The first-order valence-electron chi connectivity index (χ1n) is 6.69. The van der Waals surface area contributed by atoms with E-state index in [-0.39, 0.29) is 0 Å². The summed E-state index contributed by atoms with van der Waals surface area (Å²) < 4.78 is 0. The first kappa shape index (κ1) is 14.0. The van der Waals surface area contributed by atoms with E-state index in [1.807, 2.05) is 18.2 Å². The molecule has 0 heterocycles. The van der Waals surface area contributed by atoms with Gasteiger partial charge in [0.25, 0.3) is 0 Å². The smallest absolute Gasteiger partial charge is 0.120 e. The lowest BCUT2D eigenvalue weighted by atomic mass is 9.99. The minimum Gasteiger partial charge on any atom is -0.508 e. The van der Waals surface area contributed by atoms with Crippen LogP contribution in [0.25, 0.3) is 0 Å². The molecule has 2 nitrogen and oxygen atoms in total. The van der Waals surface area contributed by atoms with Crippen LogP contribution >= 0.6 is 0 Å². The zero-order valence-corrected chi connectivity index (χ0v) is 11.5. The highest BCUT2D eigenvalue weighted by molar-refractivity contribution is 5.34. The van der Waals surface area contributed by atoms with Crippen molar-refractivity contribution in [1.29, 1.82) is 0 Å². The van der Waals surface area contributed by atoms with Gasteiger partial charge < -0.3 is 5.11 Å². The molecular formula is C15H25NO. The number of aromatic hydroxyl groups is 1. The van der Waals surface area contributed by atoms with Gasteiger partial charge in [0.2, 0.25) is 0 Å². The third-order valence-corrected chi connectivity index (χ3v) is 3.60. The van der Waals surface area contributed by atoms with Gasteiger partial charge in [-0.15, -0.1) is 0 Å². The third-order valence-electron chi connectivity index (χ3n) is 3.60. The van der Waals surface area contributed by atoms with E-state index in [1.165, 1.54) is 0 Å². The SMILES string of the molecule is CCC(C)N(CC)C(CC)c1ccccc1O. The monoisotopic (exact) mass is 235 g/mol. The van der Waals surface area contributed by atoms with Gasteiger partial charge in [0, 0.05) is 17.6 Å². The summed E-state index contributed by atoms with van der Waals surface area (Å²) in [6.07, 6.45) is 2.16. The molecule has 0 radical (unpaired) electrons. The Morgan fingerprint density at radius 3 is 2.24 bits per heavy atom. The van der Waals surface area contributed by atoms with Crippen molar-refractivity contribution in [1.82, 2.24) is 4.90 Å². The van der Waals surface area contributed by atoms with Gasteiger partial charge in [0.15, 0.2) is 0 Å². The summed E-state index contributed by atoms with van der Waals surface area (Å²) in [5.41, 5.74) is 1.05. The molecule has 96 valence electrons. The van der Waals surface area contributed by atoms with Crippen LogP contribution in [0, 0.1) is 0 Å². The minimum absolute atomic E-state index is 0.316. The summed E-state index contributed by atoms with van der Waals surface area (Å²) in [5.74, 6) is 0.418. The lowest BCUT2D eigenvalue weighted by Gasteiger charge is -2.35. The predicted octanol–water partition coefficient (Wildman–Crippen LogP) is 3.96. The quantitative estimate of drug-likeness (QED) is 0.806. The highest BCUT2D eigenvalue weighted by atomic mass is 16.3. The van der Waals surface area contributed by atoms with Gasteiger partial charge in [-0.3, -0.25) is 4.90 Å². The molecule has 0 aromatic heterocycles. The van der Waals surface area contributed by atoms with Gasteiger partial charge in [-0.1, -0.05) is 39.0 Å². The first-order valence-corrected chi connectivity index (χ1v) is 6.69. The third kappa shape index (κ3) is 3.22. The zero-order chi connectivity index (χ0) is 12.8. The van der Waals surface area contributed by atoms with Gasteiger partial charge in [0.1, 0.15) is 5.75 Å². The van der Waals surface area contributed by atoms with Crippen LogP contribution in [-0.4, -0.2) is 22.6 Å². The molecule has 0 aliphatic rings. The van der Waals surface area contributed by atoms with Crippen LogP contribution in [0.15, 0.2) is 24.3 Å². The molecule has 0 bridgehead atoms. The molecule has 0 spiro atoms. The number of rotatable bonds is 6. The van der Waals surface area contributed by atoms with Crippen molar-refractivity contribution in [3.8, 4) is 5.75 Å². The molecule has 17 heavy (non-hydrogen) atoms. The number of benzene rings is 1. The van der Waals surface area contributed by atoms with Gasteiger partial charge in [-0.25, -0.2) is 0 Å². The largest absolute Gasteiger partial charge is 0.508 e. The summed E-state index contributed by atoms with van der Waals surface area (Å²) in [4.78, 5) is 2.47. The topological polar surface area (TPSA) is 23.5 Å². The van der Waals surface area contributed by atoms with E-state index in [9.17, 15) is 5.11 Å². The van der Waals surface area contributed by atoms with Crippen LogP contribution in [0.4, 0.5) is 0 Å². The average molecular weight is 235 g/mol. The Labute approximate surface area is 105 Å². The highest BCUT2D eigenvalue weighted by Crippen LogP contribution is 2.32. The van der Waals surface area contributed by atoms with Crippen molar-refractivity contribution < 1.29 is 5.11 Å². The molecular weight excluding hydrogens is 210 g/mol. The Kier molecular flexibility index (Phi) is 5.49. The fourth-order valence-corrected chi connectivity index (χ4v) is 2.48. The fourth-order valence-electron chi connectivity index (χ4n) is 2.48. The van der Waals surface area contributed by atoms with E-state index in [1.54, 1.807) is 6.07 Å². The second-order valence-corrected chi connectivity index (χ2v) is 4.57. The average Bonchev–Trinajstić information content (AvgIpc) is 2.36. The van der Waals surface area contributed by atoms with E-state index in [0.29, 0.717) is 17.8 Å². The lowest BCUT2D eigenvalue weighted by molar-refractivity contribution is 0.141. The van der Waals surface area contributed by atoms with Crippen LogP contribution in [0.1, 0.15) is 52.1 Å². The maximum Gasteiger partial charge on any atom is 0.120 e. The minimum atomic E-state index is 0.316. The fraction of sp³-hybridized carbons (Fsp3) is 0.600. The van der Waals surface area contributed by atoms with Crippen molar-refractivity contribution in [2.24, 2.45) is 0 Å². The Hall–Kier alpha value is -1.02. The Bertz CT molecular complexity index is 337. The Balaban J connectivity index is 3.01. The molecule has 1 aromatic carbocycles. The second kappa shape index (κ2) is 6.65. The molecule has 1 aromatic rings. The van der Waals surface area contributed by atoms with Crippen LogP contribution in [-0.2, 0) is 0 Å². The standard InChI is InChI=1S/C15H25NO/c1-5-12(4)16(7-3)14(6-2)13-10-8-9-11-15(13)17/h8-12,14,17H,5-7H2,1-4H3. The molecule has 1 N–H and O–H groups in total. The molecule has 0 saturated carbocycles. The van der Waals surface area contributed by atoms with Gasteiger partial charge in [-0.2, -0.15) is 0 Å². The summed E-state index contributed by atoms with van der Waals surface area (Å²) in [7, 11) is 0. The second-order valence-electron chi connectivity index (χ2n) is 4.57. The van der Waals surface area contributed by atoms with Crippen molar-refractivity contribution in [3.63, 3.8) is 0 Å². The van der Waals surface area contributed by atoms with Crippen molar-refractivity contribution >= 4 is 0 Å². The molecule has 0 fully saturated rings. The molecule has 0 saturated heterocycles. The number of phenolic OH excluding ortho intramolecular Hbond substituents is 1.